The van der Waals surface area contributed by atoms with Crippen molar-refractivity contribution in [2.45, 2.75) is 13.0 Å². The summed E-state index contributed by atoms with van der Waals surface area (Å²) in [7, 11) is 0. The second kappa shape index (κ2) is 8.43. The average Bonchev–Trinajstić information content (AvgIpc) is 3.11. The SMILES string of the molecule is CC(Oc1ccccc1)C(=O)Nc1c(C(=O)c2ccccc2)[nH]c2cc(Cl)ccc12. The Morgan fingerprint density at radius 1 is 0.967 bits per heavy atom. The summed E-state index contributed by atoms with van der Waals surface area (Å²) in [5.74, 6) is -0.00175. The Kier molecular flexibility index (Phi) is 5.55. The van der Waals surface area contributed by atoms with Gasteiger partial charge in [-0.1, -0.05) is 60.1 Å². The normalized spacial score (nSPS) is 11.8. The number of aromatic amines is 1. The highest BCUT2D eigenvalue weighted by Crippen LogP contribution is 2.31. The highest BCUT2D eigenvalue weighted by molar-refractivity contribution is 6.31. The molecule has 3 aromatic carbocycles. The Bertz CT molecular complexity index is 1200. The van der Waals surface area contributed by atoms with E-state index in [4.69, 9.17) is 16.3 Å². The van der Waals surface area contributed by atoms with E-state index >= 15 is 0 Å². The summed E-state index contributed by atoms with van der Waals surface area (Å²) in [6, 6.07) is 23.2. The predicted molar refractivity (Wildman–Crippen MR) is 118 cm³/mol. The van der Waals surface area contributed by atoms with E-state index < -0.39 is 6.10 Å². The van der Waals surface area contributed by atoms with E-state index in [9.17, 15) is 9.59 Å². The second-order valence-corrected chi connectivity index (χ2v) is 7.26. The van der Waals surface area contributed by atoms with E-state index in [1.165, 1.54) is 0 Å². The van der Waals surface area contributed by atoms with Gasteiger partial charge >= 0.3 is 0 Å². The molecule has 150 valence electrons. The Balaban J connectivity index is 1.68. The van der Waals surface area contributed by atoms with Gasteiger partial charge in [0.1, 0.15) is 11.4 Å². The fraction of sp³-hybridized carbons (Fsp3) is 0.0833. The molecule has 0 saturated carbocycles. The Labute approximate surface area is 178 Å². The third-order valence-corrected chi connectivity index (χ3v) is 4.93. The average molecular weight is 419 g/mol. The number of hydrogen-bond donors (Lipinski definition) is 2. The number of nitrogens with one attached hydrogen (secondary N) is 2. The molecule has 4 aromatic rings. The third kappa shape index (κ3) is 4.07. The number of hydrogen-bond acceptors (Lipinski definition) is 3. The summed E-state index contributed by atoms with van der Waals surface area (Å²) in [4.78, 5) is 29.1. The number of carbonyl (C=O) groups excluding carboxylic acids is 2. The smallest absolute Gasteiger partial charge is 0.265 e. The molecule has 4 rings (SSSR count). The maximum absolute atomic E-state index is 13.1. The maximum atomic E-state index is 13.1. The first-order valence-electron chi connectivity index (χ1n) is 9.46. The first kappa shape index (κ1) is 19.7. The van der Waals surface area contributed by atoms with Crippen molar-refractivity contribution in [3.8, 4) is 5.75 Å². The van der Waals surface area contributed by atoms with Crippen LogP contribution in [0, 0.1) is 0 Å². The lowest BCUT2D eigenvalue weighted by Gasteiger charge is -2.15. The Morgan fingerprint density at radius 3 is 2.33 bits per heavy atom. The van der Waals surface area contributed by atoms with Gasteiger partial charge in [-0.2, -0.15) is 0 Å². The van der Waals surface area contributed by atoms with Crippen LogP contribution in [0.4, 0.5) is 5.69 Å². The number of ether oxygens (including phenoxy) is 1. The van der Waals surface area contributed by atoms with Gasteiger partial charge in [0, 0.05) is 21.5 Å². The van der Waals surface area contributed by atoms with Crippen LogP contribution in [0.5, 0.6) is 5.75 Å². The monoisotopic (exact) mass is 418 g/mol. The number of fused-ring (bicyclic) bond motifs is 1. The maximum Gasteiger partial charge on any atom is 0.265 e. The van der Waals surface area contributed by atoms with E-state index in [1.807, 2.05) is 24.3 Å². The van der Waals surface area contributed by atoms with Crippen LogP contribution in [-0.4, -0.2) is 22.8 Å². The van der Waals surface area contributed by atoms with Crippen molar-refractivity contribution < 1.29 is 14.3 Å². The summed E-state index contributed by atoms with van der Waals surface area (Å²) in [5, 5.41) is 4.09. The molecule has 0 aliphatic rings. The third-order valence-electron chi connectivity index (χ3n) is 4.70. The van der Waals surface area contributed by atoms with Crippen LogP contribution in [-0.2, 0) is 4.79 Å². The van der Waals surface area contributed by atoms with Crippen LogP contribution in [0.25, 0.3) is 10.9 Å². The van der Waals surface area contributed by atoms with Gasteiger partial charge in [-0.25, -0.2) is 0 Å². The fourth-order valence-corrected chi connectivity index (χ4v) is 3.36. The molecular formula is C24H19ClN2O3. The van der Waals surface area contributed by atoms with Gasteiger partial charge < -0.3 is 15.0 Å². The van der Waals surface area contributed by atoms with Gasteiger partial charge in [-0.3, -0.25) is 9.59 Å². The van der Waals surface area contributed by atoms with Gasteiger partial charge in [0.25, 0.3) is 5.91 Å². The van der Waals surface area contributed by atoms with Crippen LogP contribution in [0.1, 0.15) is 23.0 Å². The number of benzene rings is 3. The van der Waals surface area contributed by atoms with Crippen molar-refractivity contribution in [3.05, 3.63) is 95.1 Å². The van der Waals surface area contributed by atoms with Gasteiger partial charge in [0.15, 0.2) is 6.10 Å². The molecule has 0 aliphatic heterocycles. The van der Waals surface area contributed by atoms with Crippen LogP contribution in [0.15, 0.2) is 78.9 Å². The van der Waals surface area contributed by atoms with Crippen molar-refractivity contribution in [3.63, 3.8) is 0 Å². The van der Waals surface area contributed by atoms with Crippen LogP contribution >= 0.6 is 11.6 Å². The van der Waals surface area contributed by atoms with Crippen LogP contribution < -0.4 is 10.1 Å². The van der Waals surface area contributed by atoms with E-state index in [0.717, 1.165) is 0 Å². The number of halogens is 1. The molecule has 1 unspecified atom stereocenters. The minimum Gasteiger partial charge on any atom is -0.481 e. The molecule has 30 heavy (non-hydrogen) atoms. The van der Waals surface area contributed by atoms with E-state index in [0.29, 0.717) is 38.6 Å². The lowest BCUT2D eigenvalue weighted by molar-refractivity contribution is -0.122. The predicted octanol–water partition coefficient (Wildman–Crippen LogP) is 5.46. The lowest BCUT2D eigenvalue weighted by Crippen LogP contribution is -2.30. The summed E-state index contributed by atoms with van der Waals surface area (Å²) >= 11 is 6.11. The molecule has 1 aromatic heterocycles. The zero-order chi connectivity index (χ0) is 21.1. The minimum absolute atomic E-state index is 0.227. The number of H-pyrrole nitrogens is 1. The van der Waals surface area contributed by atoms with Crippen molar-refractivity contribution in [1.82, 2.24) is 4.98 Å². The molecule has 6 heteroatoms. The molecule has 2 N–H and O–H groups in total. The second-order valence-electron chi connectivity index (χ2n) is 6.82. The zero-order valence-corrected chi connectivity index (χ0v) is 16.9. The number of ketones is 1. The van der Waals surface area contributed by atoms with E-state index in [1.54, 1.807) is 61.5 Å². The summed E-state index contributed by atoms with van der Waals surface area (Å²) in [6.45, 7) is 1.66. The molecule has 0 aliphatic carbocycles. The summed E-state index contributed by atoms with van der Waals surface area (Å²) in [6.07, 6.45) is -0.760. The van der Waals surface area contributed by atoms with Crippen molar-refractivity contribution >= 4 is 39.9 Å². The molecule has 1 amide bonds. The molecule has 0 spiro atoms. The first-order chi connectivity index (χ1) is 14.5. The number of aromatic nitrogens is 1. The topological polar surface area (TPSA) is 71.2 Å². The quantitative estimate of drug-likeness (QED) is 0.408. The van der Waals surface area contributed by atoms with Gasteiger partial charge in [0.05, 0.1) is 5.69 Å². The van der Waals surface area contributed by atoms with Crippen molar-refractivity contribution in [1.29, 1.82) is 0 Å². The zero-order valence-electron chi connectivity index (χ0n) is 16.2. The van der Waals surface area contributed by atoms with Crippen LogP contribution in [0.2, 0.25) is 5.02 Å². The van der Waals surface area contributed by atoms with Gasteiger partial charge in [-0.15, -0.1) is 0 Å². The minimum atomic E-state index is -0.760. The number of rotatable bonds is 6. The summed E-state index contributed by atoms with van der Waals surface area (Å²) < 4.78 is 5.71. The molecular weight excluding hydrogens is 400 g/mol. The Morgan fingerprint density at radius 2 is 1.63 bits per heavy atom. The lowest BCUT2D eigenvalue weighted by atomic mass is 10.1. The van der Waals surface area contributed by atoms with E-state index in [-0.39, 0.29) is 11.7 Å². The molecule has 0 fully saturated rings. The molecule has 1 heterocycles. The number of anilines is 1. The molecule has 5 nitrogen and oxygen atoms in total. The van der Waals surface area contributed by atoms with Gasteiger partial charge in [-0.05, 0) is 37.3 Å². The van der Waals surface area contributed by atoms with Crippen LogP contribution in [0.3, 0.4) is 0 Å². The molecule has 1 atom stereocenters. The highest BCUT2D eigenvalue weighted by atomic mass is 35.5. The fourth-order valence-electron chi connectivity index (χ4n) is 3.19. The van der Waals surface area contributed by atoms with Gasteiger partial charge in [0.2, 0.25) is 5.78 Å². The first-order valence-corrected chi connectivity index (χ1v) is 9.84. The molecule has 0 saturated heterocycles. The van der Waals surface area contributed by atoms with Crippen molar-refractivity contribution in [2.75, 3.05) is 5.32 Å². The van der Waals surface area contributed by atoms with E-state index in [2.05, 4.69) is 10.3 Å². The number of para-hydroxylation sites is 1. The standard InChI is InChI=1S/C24H19ClN2O3/c1-15(30-18-10-6-3-7-11-18)24(29)27-21-19-13-12-17(25)14-20(19)26-22(21)23(28)16-8-4-2-5-9-16/h2-15,26H,1H3,(H,27,29). The largest absolute Gasteiger partial charge is 0.481 e. The summed E-state index contributed by atoms with van der Waals surface area (Å²) in [5.41, 5.74) is 1.87. The number of amides is 1. The number of carbonyl (C=O) groups is 2. The highest BCUT2D eigenvalue weighted by Gasteiger charge is 2.23. The molecule has 0 radical (unpaired) electrons. The molecule has 0 bridgehead atoms. The Hall–Kier alpha value is -3.57. The van der Waals surface area contributed by atoms with Crippen molar-refractivity contribution in [2.24, 2.45) is 0 Å².